The standard InChI is InChI=1S/C16H29NO2/c1-3-16(4-2,15(18)19)12-17-11-7-10-14(17)13-8-5-6-9-13/h13-14H,3-12H2,1-2H3,(H,18,19). The SMILES string of the molecule is CCC(CC)(CN1CCCC1C1CCCC1)C(=O)O. The van der Waals surface area contributed by atoms with Gasteiger partial charge in [0.05, 0.1) is 5.41 Å². The first-order chi connectivity index (χ1) is 9.13. The van der Waals surface area contributed by atoms with Gasteiger partial charge in [-0.25, -0.2) is 0 Å². The Labute approximate surface area is 117 Å². The van der Waals surface area contributed by atoms with Crippen LogP contribution in [-0.4, -0.2) is 35.1 Å². The predicted molar refractivity (Wildman–Crippen MR) is 77.2 cm³/mol. The van der Waals surface area contributed by atoms with Crippen LogP contribution in [0.5, 0.6) is 0 Å². The molecule has 1 aliphatic carbocycles. The van der Waals surface area contributed by atoms with Gasteiger partial charge in [-0.3, -0.25) is 9.69 Å². The maximum atomic E-state index is 11.7. The third-order valence-corrected chi connectivity index (χ3v) is 5.67. The highest BCUT2D eigenvalue weighted by atomic mass is 16.4. The van der Waals surface area contributed by atoms with E-state index in [0.717, 1.165) is 31.8 Å². The van der Waals surface area contributed by atoms with Crippen molar-refractivity contribution in [2.45, 2.75) is 71.3 Å². The number of likely N-dealkylation sites (tertiary alicyclic amines) is 1. The summed E-state index contributed by atoms with van der Waals surface area (Å²) >= 11 is 0. The number of nitrogens with zero attached hydrogens (tertiary/aromatic N) is 1. The van der Waals surface area contributed by atoms with Crippen LogP contribution in [-0.2, 0) is 4.79 Å². The van der Waals surface area contributed by atoms with Gasteiger partial charge in [-0.05, 0) is 51.0 Å². The molecule has 0 aromatic heterocycles. The van der Waals surface area contributed by atoms with Crippen LogP contribution in [0.25, 0.3) is 0 Å². The number of carboxylic acid groups (broad SMARTS) is 1. The number of hydrogen-bond donors (Lipinski definition) is 1. The van der Waals surface area contributed by atoms with Crippen LogP contribution in [0.1, 0.15) is 65.2 Å². The van der Waals surface area contributed by atoms with Crippen molar-refractivity contribution in [2.75, 3.05) is 13.1 Å². The molecular formula is C16H29NO2. The van der Waals surface area contributed by atoms with Gasteiger partial charge in [0, 0.05) is 12.6 Å². The minimum absolute atomic E-state index is 0.527. The Morgan fingerprint density at radius 1 is 1.16 bits per heavy atom. The van der Waals surface area contributed by atoms with Gasteiger partial charge in [-0.1, -0.05) is 26.7 Å². The first-order valence-electron chi connectivity index (χ1n) is 8.10. The monoisotopic (exact) mass is 267 g/mol. The zero-order valence-corrected chi connectivity index (χ0v) is 12.5. The zero-order valence-electron chi connectivity index (χ0n) is 12.5. The van der Waals surface area contributed by atoms with Gasteiger partial charge in [-0.15, -0.1) is 0 Å². The van der Waals surface area contributed by atoms with E-state index in [1.807, 2.05) is 13.8 Å². The largest absolute Gasteiger partial charge is 0.481 e. The van der Waals surface area contributed by atoms with Crippen LogP contribution >= 0.6 is 0 Å². The molecule has 1 N–H and O–H groups in total. The fraction of sp³-hybridized carbons (Fsp3) is 0.938. The van der Waals surface area contributed by atoms with Crippen molar-refractivity contribution in [3.8, 4) is 0 Å². The Kier molecular flexibility index (Phi) is 4.88. The molecule has 3 nitrogen and oxygen atoms in total. The summed E-state index contributed by atoms with van der Waals surface area (Å²) in [5.41, 5.74) is -0.527. The maximum Gasteiger partial charge on any atom is 0.310 e. The summed E-state index contributed by atoms with van der Waals surface area (Å²) in [5, 5.41) is 9.61. The molecule has 1 heterocycles. The molecule has 1 unspecified atom stereocenters. The Balaban J connectivity index is 2.05. The molecule has 1 atom stereocenters. The molecule has 2 fully saturated rings. The summed E-state index contributed by atoms with van der Waals surface area (Å²) < 4.78 is 0. The molecule has 1 saturated carbocycles. The lowest BCUT2D eigenvalue weighted by molar-refractivity contribution is -0.151. The highest BCUT2D eigenvalue weighted by Crippen LogP contribution is 2.38. The molecule has 0 aromatic carbocycles. The highest BCUT2D eigenvalue weighted by Gasteiger charge is 2.41. The predicted octanol–water partition coefficient (Wildman–Crippen LogP) is 3.53. The summed E-state index contributed by atoms with van der Waals surface area (Å²) in [6.45, 7) is 5.92. The Hall–Kier alpha value is -0.570. The van der Waals surface area contributed by atoms with E-state index >= 15 is 0 Å². The normalized spacial score (nSPS) is 26.1. The lowest BCUT2D eigenvalue weighted by Crippen LogP contribution is -2.46. The molecule has 0 bridgehead atoms. The minimum Gasteiger partial charge on any atom is -0.481 e. The van der Waals surface area contributed by atoms with Crippen molar-refractivity contribution >= 4 is 5.97 Å². The van der Waals surface area contributed by atoms with Crippen LogP contribution in [0.2, 0.25) is 0 Å². The van der Waals surface area contributed by atoms with Gasteiger partial charge >= 0.3 is 5.97 Å². The van der Waals surface area contributed by atoms with Gasteiger partial charge in [0.2, 0.25) is 0 Å². The van der Waals surface area contributed by atoms with Crippen LogP contribution in [0.15, 0.2) is 0 Å². The summed E-state index contributed by atoms with van der Waals surface area (Å²) in [6.07, 6.45) is 9.50. The molecule has 0 amide bonds. The second-order valence-corrected chi connectivity index (χ2v) is 6.52. The average Bonchev–Trinajstić information content (AvgIpc) is 3.06. The number of hydrogen-bond acceptors (Lipinski definition) is 2. The van der Waals surface area contributed by atoms with E-state index in [9.17, 15) is 9.90 Å². The van der Waals surface area contributed by atoms with Crippen molar-refractivity contribution in [2.24, 2.45) is 11.3 Å². The summed E-state index contributed by atoms with van der Waals surface area (Å²) in [6, 6.07) is 0.666. The maximum absolute atomic E-state index is 11.7. The molecule has 0 spiro atoms. The smallest absolute Gasteiger partial charge is 0.310 e. The zero-order chi connectivity index (χ0) is 13.9. The van der Waals surface area contributed by atoms with Crippen LogP contribution in [0, 0.1) is 11.3 Å². The Morgan fingerprint density at radius 2 is 1.79 bits per heavy atom. The summed E-state index contributed by atoms with van der Waals surface area (Å²) in [7, 11) is 0. The third-order valence-electron chi connectivity index (χ3n) is 5.67. The molecule has 19 heavy (non-hydrogen) atoms. The van der Waals surface area contributed by atoms with Crippen molar-refractivity contribution < 1.29 is 9.90 Å². The van der Waals surface area contributed by atoms with Crippen molar-refractivity contribution in [1.29, 1.82) is 0 Å². The van der Waals surface area contributed by atoms with E-state index < -0.39 is 11.4 Å². The van der Waals surface area contributed by atoms with Crippen molar-refractivity contribution in [3.63, 3.8) is 0 Å². The van der Waals surface area contributed by atoms with Gasteiger partial charge in [-0.2, -0.15) is 0 Å². The molecule has 110 valence electrons. The van der Waals surface area contributed by atoms with Crippen molar-refractivity contribution in [3.05, 3.63) is 0 Å². The molecule has 2 rings (SSSR count). The molecule has 1 saturated heterocycles. The van der Waals surface area contributed by atoms with Crippen LogP contribution in [0.3, 0.4) is 0 Å². The summed E-state index contributed by atoms with van der Waals surface area (Å²) in [5.74, 6) is 0.234. The second kappa shape index (κ2) is 6.25. The van der Waals surface area contributed by atoms with E-state index in [1.54, 1.807) is 0 Å². The fourth-order valence-electron chi connectivity index (χ4n) is 4.16. The Morgan fingerprint density at radius 3 is 2.32 bits per heavy atom. The molecular weight excluding hydrogens is 238 g/mol. The van der Waals surface area contributed by atoms with Gasteiger partial charge in [0.15, 0.2) is 0 Å². The number of aliphatic carboxylic acids is 1. The van der Waals surface area contributed by atoms with E-state index in [1.165, 1.54) is 38.5 Å². The van der Waals surface area contributed by atoms with E-state index in [-0.39, 0.29) is 0 Å². The van der Waals surface area contributed by atoms with Gasteiger partial charge < -0.3 is 5.11 Å². The highest BCUT2D eigenvalue weighted by molar-refractivity contribution is 5.74. The lowest BCUT2D eigenvalue weighted by Gasteiger charge is -2.37. The first-order valence-corrected chi connectivity index (χ1v) is 8.10. The summed E-state index contributed by atoms with van der Waals surface area (Å²) in [4.78, 5) is 14.2. The van der Waals surface area contributed by atoms with Gasteiger partial charge in [0.1, 0.15) is 0 Å². The number of rotatable bonds is 6. The molecule has 1 aliphatic heterocycles. The molecule has 0 aromatic rings. The quantitative estimate of drug-likeness (QED) is 0.800. The molecule has 3 heteroatoms. The molecule has 0 radical (unpaired) electrons. The van der Waals surface area contributed by atoms with Gasteiger partial charge in [0.25, 0.3) is 0 Å². The minimum atomic E-state index is -0.602. The average molecular weight is 267 g/mol. The number of carbonyl (C=O) groups is 1. The van der Waals surface area contributed by atoms with E-state index in [2.05, 4.69) is 4.90 Å². The van der Waals surface area contributed by atoms with Crippen molar-refractivity contribution in [1.82, 2.24) is 4.90 Å². The molecule has 2 aliphatic rings. The lowest BCUT2D eigenvalue weighted by atomic mass is 9.81. The second-order valence-electron chi connectivity index (χ2n) is 6.52. The van der Waals surface area contributed by atoms with E-state index in [0.29, 0.717) is 6.04 Å². The number of carboxylic acids is 1. The van der Waals surface area contributed by atoms with Crippen LogP contribution < -0.4 is 0 Å². The van der Waals surface area contributed by atoms with E-state index in [4.69, 9.17) is 0 Å². The first kappa shape index (κ1) is 14.8. The fourth-order valence-corrected chi connectivity index (χ4v) is 4.16. The third kappa shape index (κ3) is 2.96. The Bertz CT molecular complexity index is 306. The van der Waals surface area contributed by atoms with Crippen LogP contribution in [0.4, 0.5) is 0 Å². The topological polar surface area (TPSA) is 40.5 Å².